The lowest BCUT2D eigenvalue weighted by atomic mass is 9.98. The second-order valence-corrected chi connectivity index (χ2v) is 10.7. The number of hydrogen-bond donors (Lipinski definition) is 1. The van der Waals surface area contributed by atoms with Crippen LogP contribution in [0.3, 0.4) is 0 Å². The van der Waals surface area contributed by atoms with Crippen LogP contribution in [0.25, 0.3) is 16.9 Å². The maximum atomic E-state index is 13.7. The Bertz CT molecular complexity index is 1480. The largest absolute Gasteiger partial charge is 0.383 e. The molecule has 0 aliphatic carbocycles. The lowest BCUT2D eigenvalue weighted by Gasteiger charge is -2.23. The first-order valence-corrected chi connectivity index (χ1v) is 14.0. The van der Waals surface area contributed by atoms with Gasteiger partial charge in [-0.25, -0.2) is 4.68 Å². The van der Waals surface area contributed by atoms with Crippen molar-refractivity contribution in [2.45, 2.75) is 19.1 Å². The fourth-order valence-corrected chi connectivity index (χ4v) is 6.04. The van der Waals surface area contributed by atoms with Crippen LogP contribution in [0.4, 0.5) is 5.82 Å². The summed E-state index contributed by atoms with van der Waals surface area (Å²) in [5, 5.41) is 7.85. The Morgan fingerprint density at radius 1 is 1.03 bits per heavy atom. The highest BCUT2D eigenvalue weighted by atomic mass is 32.2. The number of aromatic nitrogens is 2. The number of carbonyl (C=O) groups excluding carboxylic acids is 2. The number of benzene rings is 3. The highest BCUT2D eigenvalue weighted by Gasteiger charge is 2.37. The van der Waals surface area contributed by atoms with Crippen LogP contribution in [0.2, 0.25) is 0 Å². The van der Waals surface area contributed by atoms with E-state index in [1.165, 1.54) is 0 Å². The predicted octanol–water partition coefficient (Wildman–Crippen LogP) is 5.09. The molecule has 1 aliphatic rings. The van der Waals surface area contributed by atoms with Gasteiger partial charge in [0.25, 0.3) is 0 Å². The first-order valence-electron chi connectivity index (χ1n) is 13.0. The Morgan fingerprint density at radius 3 is 2.49 bits per heavy atom. The average molecular weight is 541 g/mol. The number of nitrogens with zero attached hydrogens (tertiary/aromatic N) is 3. The van der Waals surface area contributed by atoms with Gasteiger partial charge in [-0.3, -0.25) is 14.5 Å². The number of nitrogens with one attached hydrogen (secondary N) is 1. The maximum absolute atomic E-state index is 13.7. The molecule has 1 aliphatic heterocycles. The molecular formula is C31H32N4O3S. The summed E-state index contributed by atoms with van der Waals surface area (Å²) in [5.74, 6) is 0.485. The van der Waals surface area contributed by atoms with Gasteiger partial charge in [-0.15, -0.1) is 11.8 Å². The molecule has 0 spiro atoms. The summed E-state index contributed by atoms with van der Waals surface area (Å²) in [6.07, 6.45) is 0. The van der Waals surface area contributed by atoms with Gasteiger partial charge in [0.2, 0.25) is 11.8 Å². The maximum Gasteiger partial charge on any atom is 0.240 e. The van der Waals surface area contributed by atoms with Crippen LogP contribution in [0.1, 0.15) is 27.5 Å². The number of aryl methyl sites for hydroxylation is 2. The van der Waals surface area contributed by atoms with Crippen LogP contribution >= 0.6 is 11.8 Å². The van der Waals surface area contributed by atoms with Crippen molar-refractivity contribution >= 4 is 29.4 Å². The van der Waals surface area contributed by atoms with Crippen LogP contribution in [-0.2, 0) is 14.3 Å². The summed E-state index contributed by atoms with van der Waals surface area (Å²) in [5.41, 5.74) is 6.83. The van der Waals surface area contributed by atoms with E-state index in [4.69, 9.17) is 9.84 Å². The third kappa shape index (κ3) is 5.77. The summed E-state index contributed by atoms with van der Waals surface area (Å²) < 4.78 is 6.91. The highest BCUT2D eigenvalue weighted by Crippen LogP contribution is 2.48. The SMILES string of the molecule is COCCNC(=O)CN1C(=O)CS[C@H](c2cccc(C)c2)c2c(-c3ccccc3)nn(-c3cccc(C)c3)c21. The number of methoxy groups -OCH3 is 1. The first-order chi connectivity index (χ1) is 19.0. The summed E-state index contributed by atoms with van der Waals surface area (Å²) >= 11 is 1.57. The summed E-state index contributed by atoms with van der Waals surface area (Å²) in [7, 11) is 1.59. The third-order valence-electron chi connectivity index (χ3n) is 6.66. The summed E-state index contributed by atoms with van der Waals surface area (Å²) in [6.45, 7) is 4.76. The Morgan fingerprint density at radius 2 is 1.77 bits per heavy atom. The Hall–Kier alpha value is -3.88. The molecule has 1 atom stereocenters. The average Bonchev–Trinajstić information content (AvgIpc) is 3.26. The number of ether oxygens (including phenoxy) is 1. The second-order valence-electron chi connectivity index (χ2n) is 9.63. The Labute approximate surface area is 233 Å². The molecule has 4 aromatic rings. The molecule has 2 amide bonds. The van der Waals surface area contributed by atoms with Crippen molar-refractivity contribution in [3.8, 4) is 16.9 Å². The molecule has 7 nitrogen and oxygen atoms in total. The van der Waals surface area contributed by atoms with E-state index in [1.54, 1.807) is 23.8 Å². The fourth-order valence-electron chi connectivity index (χ4n) is 4.86. The van der Waals surface area contributed by atoms with Gasteiger partial charge in [-0.1, -0.05) is 72.3 Å². The number of carbonyl (C=O) groups is 2. The van der Waals surface area contributed by atoms with Crippen molar-refractivity contribution < 1.29 is 14.3 Å². The minimum Gasteiger partial charge on any atom is -0.383 e. The van der Waals surface area contributed by atoms with Crippen LogP contribution in [-0.4, -0.2) is 54.2 Å². The minimum atomic E-state index is -0.247. The van der Waals surface area contributed by atoms with Crippen molar-refractivity contribution in [3.05, 3.63) is 101 Å². The van der Waals surface area contributed by atoms with E-state index in [2.05, 4.69) is 30.4 Å². The second kappa shape index (κ2) is 11.9. The quantitative estimate of drug-likeness (QED) is 0.315. The molecule has 0 unspecified atom stereocenters. The fraction of sp³-hybridized carbons (Fsp3) is 0.258. The van der Waals surface area contributed by atoms with E-state index < -0.39 is 0 Å². The van der Waals surface area contributed by atoms with Gasteiger partial charge in [0.05, 0.1) is 29.0 Å². The molecule has 1 aromatic heterocycles. The van der Waals surface area contributed by atoms with Gasteiger partial charge in [-0.2, -0.15) is 5.10 Å². The monoisotopic (exact) mass is 540 g/mol. The van der Waals surface area contributed by atoms with E-state index in [9.17, 15) is 9.59 Å². The molecule has 2 heterocycles. The smallest absolute Gasteiger partial charge is 0.240 e. The van der Waals surface area contributed by atoms with Gasteiger partial charge in [0.1, 0.15) is 12.4 Å². The van der Waals surface area contributed by atoms with E-state index in [-0.39, 0.29) is 29.4 Å². The summed E-state index contributed by atoms with van der Waals surface area (Å²) in [6, 6.07) is 26.5. The lowest BCUT2D eigenvalue weighted by molar-refractivity contribution is -0.123. The van der Waals surface area contributed by atoms with Gasteiger partial charge in [0.15, 0.2) is 0 Å². The molecule has 8 heteroatoms. The predicted molar refractivity (Wildman–Crippen MR) is 156 cm³/mol. The number of thioether (sulfide) groups is 1. The van der Waals surface area contributed by atoms with E-state index >= 15 is 0 Å². The Balaban J connectivity index is 1.76. The van der Waals surface area contributed by atoms with E-state index in [0.717, 1.165) is 39.2 Å². The molecule has 1 N–H and O–H groups in total. The zero-order valence-electron chi connectivity index (χ0n) is 22.4. The van der Waals surface area contributed by atoms with Crippen LogP contribution < -0.4 is 10.2 Å². The third-order valence-corrected chi connectivity index (χ3v) is 7.91. The van der Waals surface area contributed by atoms with Crippen LogP contribution in [0.5, 0.6) is 0 Å². The molecule has 0 radical (unpaired) electrons. The normalized spacial score (nSPS) is 15.1. The van der Waals surface area contributed by atoms with Crippen molar-refractivity contribution in [1.29, 1.82) is 0 Å². The van der Waals surface area contributed by atoms with Crippen molar-refractivity contribution in [1.82, 2.24) is 15.1 Å². The zero-order chi connectivity index (χ0) is 27.4. The van der Waals surface area contributed by atoms with Gasteiger partial charge in [0, 0.05) is 24.8 Å². The molecule has 39 heavy (non-hydrogen) atoms. The molecule has 0 fully saturated rings. The van der Waals surface area contributed by atoms with Crippen molar-refractivity contribution in [2.24, 2.45) is 0 Å². The highest BCUT2D eigenvalue weighted by molar-refractivity contribution is 8.00. The van der Waals surface area contributed by atoms with Gasteiger partial charge in [-0.05, 0) is 37.1 Å². The van der Waals surface area contributed by atoms with E-state index in [1.807, 2.05) is 72.3 Å². The van der Waals surface area contributed by atoms with E-state index in [0.29, 0.717) is 19.0 Å². The minimum absolute atomic E-state index is 0.109. The topological polar surface area (TPSA) is 76.5 Å². The molecule has 0 saturated carbocycles. The van der Waals surface area contributed by atoms with Crippen molar-refractivity contribution in [3.63, 3.8) is 0 Å². The number of amides is 2. The zero-order valence-corrected chi connectivity index (χ0v) is 23.2. The van der Waals surface area contributed by atoms with Crippen LogP contribution in [0.15, 0.2) is 78.9 Å². The Kier molecular flexibility index (Phi) is 8.14. The van der Waals surface area contributed by atoms with Crippen molar-refractivity contribution in [2.75, 3.05) is 37.5 Å². The molecule has 0 saturated heterocycles. The number of fused-ring (bicyclic) bond motifs is 1. The molecule has 3 aromatic carbocycles. The molecule has 5 rings (SSSR count). The number of hydrogen-bond acceptors (Lipinski definition) is 5. The number of anilines is 1. The van der Waals surface area contributed by atoms with Crippen LogP contribution in [0, 0.1) is 13.8 Å². The first kappa shape index (κ1) is 26.7. The summed E-state index contributed by atoms with van der Waals surface area (Å²) in [4.78, 5) is 28.4. The molecule has 0 bridgehead atoms. The molecular weight excluding hydrogens is 508 g/mol. The molecule has 200 valence electrons. The van der Waals surface area contributed by atoms with Gasteiger partial charge >= 0.3 is 0 Å². The van der Waals surface area contributed by atoms with Gasteiger partial charge < -0.3 is 10.1 Å². The lowest BCUT2D eigenvalue weighted by Crippen LogP contribution is -2.43. The number of rotatable bonds is 8. The standard InChI is InChI=1S/C31H32N4O3S/c1-21-9-7-13-24(17-21)30-28-29(23-11-5-4-6-12-23)33-35(25-14-8-10-22(2)18-25)31(28)34(27(37)20-39-30)19-26(36)32-15-16-38-3/h4-14,17-18,30H,15-16,19-20H2,1-3H3,(H,32,36)/t30-/m1/s1.